The van der Waals surface area contributed by atoms with Crippen LogP contribution >= 0.6 is 57.7 Å². The highest BCUT2D eigenvalue weighted by Crippen LogP contribution is 2.55. The number of hydrogen-bond donors (Lipinski definition) is 2. The third-order valence-electron chi connectivity index (χ3n) is 10.8. The Labute approximate surface area is 400 Å². The van der Waals surface area contributed by atoms with Crippen molar-refractivity contribution in [2.45, 2.75) is 56.2 Å². The van der Waals surface area contributed by atoms with E-state index in [1.807, 2.05) is 0 Å². The molecule has 0 aliphatic heterocycles. The Morgan fingerprint density at radius 3 is 1.70 bits per heavy atom. The third kappa shape index (κ3) is 9.45. The summed E-state index contributed by atoms with van der Waals surface area (Å²) in [4.78, 5) is 32.5. The fourth-order valence-corrected chi connectivity index (χ4v) is 9.38. The van der Waals surface area contributed by atoms with Crippen molar-refractivity contribution in [2.24, 2.45) is 7.05 Å². The summed E-state index contributed by atoms with van der Waals surface area (Å²) in [6.45, 7) is 3.62. The average Bonchev–Trinajstić information content (AvgIpc) is 3.83. The lowest BCUT2D eigenvalue weighted by molar-refractivity contribution is -0.275. The molecule has 6 rings (SSSR count). The number of aromatic carboxylic acids is 1. The summed E-state index contributed by atoms with van der Waals surface area (Å²) in [7, 11) is 1.16. The van der Waals surface area contributed by atoms with E-state index in [1.165, 1.54) is 25.1 Å². The van der Waals surface area contributed by atoms with E-state index in [1.54, 1.807) is 12.1 Å². The summed E-state index contributed by atoms with van der Waals surface area (Å²) in [5.41, 5.74) is -8.91. The number of hydrogen-bond acceptors (Lipinski definition) is 11. The minimum absolute atomic E-state index is 0.0164. The van der Waals surface area contributed by atoms with Gasteiger partial charge in [0.15, 0.2) is 0 Å². The molecule has 0 saturated heterocycles. The first-order valence-electron chi connectivity index (χ1n) is 18.9. The lowest BCUT2D eigenvalue weighted by atomic mass is 9.79. The largest absolute Gasteiger partial charge is 0.478 e. The zero-order valence-electron chi connectivity index (χ0n) is 34.5. The molecule has 4 unspecified atom stereocenters. The second-order valence-corrected chi connectivity index (χ2v) is 17.4. The van der Waals surface area contributed by atoms with Crippen LogP contribution in [-0.4, -0.2) is 49.0 Å². The van der Waals surface area contributed by atoms with Gasteiger partial charge in [-0.15, -0.1) is 11.3 Å². The summed E-state index contributed by atoms with van der Waals surface area (Å²) in [5.74, 6) is -7.34. The van der Waals surface area contributed by atoms with Crippen molar-refractivity contribution in [1.29, 1.82) is 10.5 Å². The van der Waals surface area contributed by atoms with Crippen LogP contribution in [0.2, 0.25) is 20.1 Å². The maximum atomic E-state index is 15.9. The van der Waals surface area contributed by atoms with Gasteiger partial charge in [-0.1, -0.05) is 72.4 Å². The van der Waals surface area contributed by atoms with Crippen LogP contribution in [0.5, 0.6) is 23.3 Å². The Morgan fingerprint density at radius 1 is 0.746 bits per heavy atom. The van der Waals surface area contributed by atoms with Crippen molar-refractivity contribution >= 4 is 69.7 Å². The highest BCUT2D eigenvalue weighted by molar-refractivity contribution is 7.12. The zero-order valence-corrected chi connectivity index (χ0v) is 38.4. The lowest BCUT2D eigenvalue weighted by Gasteiger charge is -2.40. The van der Waals surface area contributed by atoms with Crippen molar-refractivity contribution in [2.75, 3.05) is 0 Å². The van der Waals surface area contributed by atoms with Gasteiger partial charge in [0, 0.05) is 46.2 Å². The molecule has 23 heteroatoms. The van der Waals surface area contributed by atoms with Crippen LogP contribution in [-0.2, 0) is 23.0 Å². The van der Waals surface area contributed by atoms with Gasteiger partial charge >= 0.3 is 24.3 Å². The number of nitrogens with zero attached hydrogens (tertiary/aromatic N) is 5. The molecule has 0 saturated carbocycles. The number of carbonyl (C=O) groups is 2. The number of carbonyl (C=O) groups excluding carboxylic acids is 1. The SMILES string of the molecule is Cc1cc(C(O)(C(C)c2ccc(Oc3ncc(C(=O)OC(c4ccc(C#N)n4C)(C(C)c4ccc(Oc5ncc(C(=O)O)cc5Cl)cc4Cl)C(F)(F)F)cc3Cl)cc2Cl)C(F)(F)F)sc1C#N. The molecule has 348 valence electrons. The van der Waals surface area contributed by atoms with E-state index >= 15 is 13.2 Å². The highest BCUT2D eigenvalue weighted by Gasteiger charge is 2.65. The van der Waals surface area contributed by atoms with Crippen molar-refractivity contribution in [1.82, 2.24) is 14.5 Å². The molecule has 2 aromatic carbocycles. The van der Waals surface area contributed by atoms with Gasteiger partial charge in [0.2, 0.25) is 17.4 Å². The Morgan fingerprint density at radius 2 is 1.27 bits per heavy atom. The Bertz CT molecular complexity index is 3020. The van der Waals surface area contributed by atoms with E-state index in [2.05, 4.69) is 9.97 Å². The number of ether oxygens (including phenoxy) is 3. The molecule has 6 aromatic rings. The maximum Gasteiger partial charge on any atom is 0.434 e. The van der Waals surface area contributed by atoms with Crippen LogP contribution in [0.15, 0.2) is 79.1 Å². The van der Waals surface area contributed by atoms with E-state index in [0.29, 0.717) is 11.3 Å². The van der Waals surface area contributed by atoms with Crippen LogP contribution in [0, 0.1) is 29.6 Å². The fraction of sp³-hybridized carbons (Fsp3) is 0.227. The Hall–Kier alpha value is -6.06. The van der Waals surface area contributed by atoms with Crippen molar-refractivity contribution in [3.8, 4) is 35.4 Å². The fourth-order valence-electron chi connectivity index (χ4n) is 7.13. The number of carboxylic acids is 1. The number of benzene rings is 2. The first kappa shape index (κ1) is 50.4. The van der Waals surface area contributed by atoms with E-state index in [9.17, 15) is 43.5 Å². The number of aromatic nitrogens is 3. The molecule has 0 fully saturated rings. The van der Waals surface area contributed by atoms with Crippen molar-refractivity contribution in [3.63, 3.8) is 0 Å². The Kier molecular flexibility index (Phi) is 14.2. The first-order valence-corrected chi connectivity index (χ1v) is 21.3. The van der Waals surface area contributed by atoms with E-state index in [-0.39, 0.29) is 65.3 Å². The summed E-state index contributed by atoms with van der Waals surface area (Å²) in [5, 5.41) is 38.2. The number of aliphatic hydroxyl groups is 1. The molecule has 4 aromatic heterocycles. The van der Waals surface area contributed by atoms with Gasteiger partial charge in [-0.3, -0.25) is 0 Å². The van der Waals surface area contributed by atoms with E-state index < -0.39 is 74.4 Å². The van der Waals surface area contributed by atoms with Gasteiger partial charge in [-0.25, -0.2) is 19.6 Å². The van der Waals surface area contributed by atoms with Gasteiger partial charge in [-0.2, -0.15) is 36.9 Å². The summed E-state index contributed by atoms with van der Waals surface area (Å²) in [6, 6.07) is 15.7. The maximum absolute atomic E-state index is 15.9. The second-order valence-electron chi connectivity index (χ2n) is 14.7. The molecule has 12 nitrogen and oxygen atoms in total. The average molecular weight is 1030 g/mol. The van der Waals surface area contributed by atoms with Crippen LogP contribution in [0.25, 0.3) is 0 Å². The molecular weight excluding hydrogens is 998 g/mol. The number of rotatable bonds is 13. The standard InChI is InChI=1S/C44H29Cl4F6N5O7S/c1-20-11-36(67-34(20)17-56)41(63,43(49,50)51)21(2)28-8-6-26(14-30(28)45)65-38-33(48)13-24(19-58-38)40(62)66-42(44(52,53)54,35-10-5-25(16-55)59(35)4)22(3)29-9-7-27(15-31(29)46)64-37-32(47)12-23(18-57-37)39(60)61/h5-15,18-19,21-22,63H,1-4H3,(H,60,61). The van der Waals surface area contributed by atoms with Gasteiger partial charge in [0.1, 0.15) is 44.3 Å². The van der Waals surface area contributed by atoms with Crippen LogP contribution < -0.4 is 9.47 Å². The molecule has 0 radical (unpaired) electrons. The monoisotopic (exact) mass is 1030 g/mol. The molecule has 0 bridgehead atoms. The minimum Gasteiger partial charge on any atom is -0.478 e. The number of halogens is 10. The lowest BCUT2D eigenvalue weighted by Crippen LogP contribution is -2.51. The zero-order chi connectivity index (χ0) is 49.6. The minimum atomic E-state index is -5.43. The molecule has 2 N–H and O–H groups in total. The van der Waals surface area contributed by atoms with Crippen LogP contribution in [0.1, 0.15) is 84.2 Å². The molecule has 4 atom stereocenters. The smallest absolute Gasteiger partial charge is 0.434 e. The van der Waals surface area contributed by atoms with E-state index in [4.69, 9.17) is 60.6 Å². The highest BCUT2D eigenvalue weighted by atomic mass is 35.5. The van der Waals surface area contributed by atoms with Crippen molar-refractivity contribution < 1.29 is 60.4 Å². The predicted molar refractivity (Wildman–Crippen MR) is 232 cm³/mol. The molecule has 0 aliphatic carbocycles. The normalized spacial score (nSPS) is 14.5. The quantitative estimate of drug-likeness (QED) is 0.0830. The molecular formula is C44H29Cl4F6N5O7S. The van der Waals surface area contributed by atoms with E-state index in [0.717, 1.165) is 86.4 Å². The third-order valence-corrected chi connectivity index (χ3v) is 13.2. The summed E-state index contributed by atoms with van der Waals surface area (Å²) in [6.07, 6.45) is -8.87. The molecule has 67 heavy (non-hydrogen) atoms. The first-order chi connectivity index (χ1) is 31.3. The number of aryl methyl sites for hydroxylation is 1. The predicted octanol–water partition coefficient (Wildman–Crippen LogP) is 12.8. The van der Waals surface area contributed by atoms with Crippen molar-refractivity contribution in [3.05, 3.63) is 148 Å². The molecule has 0 amide bonds. The number of alkyl halides is 6. The molecule has 0 aliphatic rings. The topological polar surface area (TPSA) is 181 Å². The number of thiophene rings is 1. The second kappa shape index (κ2) is 18.9. The summed E-state index contributed by atoms with van der Waals surface area (Å²) < 4.78 is 109. The molecule has 0 spiro atoms. The number of pyridine rings is 2. The number of nitriles is 2. The van der Waals surface area contributed by atoms with Gasteiger partial charge in [0.05, 0.1) is 16.8 Å². The molecule has 4 heterocycles. The van der Waals surface area contributed by atoms with Crippen LogP contribution in [0.3, 0.4) is 0 Å². The van der Waals surface area contributed by atoms with Gasteiger partial charge in [0.25, 0.3) is 5.60 Å². The Balaban J connectivity index is 1.30. The van der Waals surface area contributed by atoms with Gasteiger partial charge in [-0.05, 0) is 78.2 Å². The van der Waals surface area contributed by atoms with Gasteiger partial charge < -0.3 is 29.0 Å². The number of esters is 1. The number of carboxylic acid groups (broad SMARTS) is 1. The summed E-state index contributed by atoms with van der Waals surface area (Å²) >= 11 is 26.1. The van der Waals surface area contributed by atoms with Crippen LogP contribution in [0.4, 0.5) is 26.3 Å².